The lowest BCUT2D eigenvalue weighted by atomic mass is 9.99. The van der Waals surface area contributed by atoms with Crippen LogP contribution in [0.1, 0.15) is 31.6 Å². The zero-order valence-corrected chi connectivity index (χ0v) is 15.6. The van der Waals surface area contributed by atoms with Crippen LogP contribution in [0.25, 0.3) is 22.2 Å². The van der Waals surface area contributed by atoms with Gasteiger partial charge in [-0.15, -0.1) is 0 Å². The largest absolute Gasteiger partial charge is 0.439 e. The molecule has 0 aromatic carbocycles. The molecule has 0 spiro atoms. The number of anilines is 1. The van der Waals surface area contributed by atoms with E-state index < -0.39 is 0 Å². The van der Waals surface area contributed by atoms with Crippen molar-refractivity contribution in [2.75, 3.05) is 5.32 Å². The van der Waals surface area contributed by atoms with Gasteiger partial charge < -0.3 is 15.1 Å². The average molecular weight is 378 g/mol. The highest BCUT2D eigenvalue weighted by Crippen LogP contribution is 2.35. The molecule has 5 rings (SSSR count). The normalized spacial score (nSPS) is 23.9. The number of nitrogens with two attached hydrogens (primary N) is 1. The topological polar surface area (TPSA) is 110 Å². The lowest BCUT2D eigenvalue weighted by Crippen LogP contribution is -2.51. The van der Waals surface area contributed by atoms with Crippen molar-refractivity contribution in [3.05, 3.63) is 36.6 Å². The summed E-state index contributed by atoms with van der Waals surface area (Å²) in [7, 11) is 0. The first-order chi connectivity index (χ1) is 13.6. The number of pyridine rings is 2. The predicted molar refractivity (Wildman–Crippen MR) is 105 cm³/mol. The summed E-state index contributed by atoms with van der Waals surface area (Å²) in [5.41, 5.74) is 6.80. The van der Waals surface area contributed by atoms with Crippen LogP contribution in [0.3, 0.4) is 0 Å². The van der Waals surface area contributed by atoms with Gasteiger partial charge in [0.05, 0.1) is 6.20 Å². The number of nitrogens with one attached hydrogen (secondary N) is 1. The lowest BCUT2D eigenvalue weighted by Gasteiger charge is -2.37. The van der Waals surface area contributed by atoms with Gasteiger partial charge in [-0.1, -0.05) is 0 Å². The lowest BCUT2D eigenvalue weighted by molar-refractivity contribution is 0.150. The Morgan fingerprint density at radius 1 is 1.11 bits per heavy atom. The van der Waals surface area contributed by atoms with Crippen molar-refractivity contribution in [1.82, 2.24) is 19.9 Å². The van der Waals surface area contributed by atoms with E-state index in [0.717, 1.165) is 36.5 Å². The molecule has 3 aromatic heterocycles. The molecule has 28 heavy (non-hydrogen) atoms. The molecule has 2 bridgehead atoms. The Hall–Kier alpha value is -3.00. The fourth-order valence-electron chi connectivity index (χ4n) is 4.45. The van der Waals surface area contributed by atoms with Crippen molar-refractivity contribution in [3.63, 3.8) is 0 Å². The van der Waals surface area contributed by atoms with Crippen molar-refractivity contribution >= 4 is 22.6 Å². The van der Waals surface area contributed by atoms with E-state index in [0.29, 0.717) is 23.2 Å². The van der Waals surface area contributed by atoms with Gasteiger partial charge in [0.1, 0.15) is 11.5 Å². The standard InChI is InChI=1S/C20H22N6O2/c1-11-22-10-18(28-11)17-4-12-5-19(24-9-13(12)8-23-17)25-20(27)26-15-2-3-16(26)7-14(21)6-15/h4-5,8-10,14-16H,2-3,6-7,21H2,1H3,(H,24,25,27)/t14-,15-,16+. The second-order valence-electron chi connectivity index (χ2n) is 7.68. The molecule has 3 N–H and O–H groups in total. The first kappa shape index (κ1) is 17.1. The summed E-state index contributed by atoms with van der Waals surface area (Å²) in [6.07, 6.45) is 8.93. The molecule has 0 unspecified atom stereocenters. The molecule has 0 saturated carbocycles. The number of urea groups is 1. The third-order valence-electron chi connectivity index (χ3n) is 5.72. The van der Waals surface area contributed by atoms with Crippen LogP contribution in [0.15, 0.2) is 35.1 Å². The second-order valence-corrected chi connectivity index (χ2v) is 7.68. The minimum absolute atomic E-state index is 0.0913. The maximum atomic E-state index is 12.9. The Morgan fingerprint density at radius 2 is 1.86 bits per heavy atom. The summed E-state index contributed by atoms with van der Waals surface area (Å²) in [5.74, 6) is 1.73. The van der Waals surface area contributed by atoms with Gasteiger partial charge in [0.2, 0.25) is 0 Å². The van der Waals surface area contributed by atoms with Crippen molar-refractivity contribution in [2.24, 2.45) is 5.73 Å². The molecular weight excluding hydrogens is 356 g/mol. The fourth-order valence-corrected chi connectivity index (χ4v) is 4.45. The minimum atomic E-state index is -0.0913. The number of hydrogen-bond donors (Lipinski definition) is 2. The third-order valence-corrected chi connectivity index (χ3v) is 5.72. The van der Waals surface area contributed by atoms with Gasteiger partial charge in [0, 0.05) is 42.8 Å². The van der Waals surface area contributed by atoms with Crippen LogP contribution < -0.4 is 11.1 Å². The second kappa shape index (κ2) is 6.56. The number of carbonyl (C=O) groups is 1. The maximum absolute atomic E-state index is 12.9. The molecule has 144 valence electrons. The summed E-state index contributed by atoms with van der Waals surface area (Å²) in [6, 6.07) is 4.35. The summed E-state index contributed by atoms with van der Waals surface area (Å²) in [6.45, 7) is 1.79. The molecule has 0 aliphatic carbocycles. The zero-order valence-electron chi connectivity index (χ0n) is 15.6. The van der Waals surface area contributed by atoms with E-state index in [1.807, 2.05) is 17.0 Å². The van der Waals surface area contributed by atoms with Gasteiger partial charge in [-0.3, -0.25) is 10.3 Å². The van der Waals surface area contributed by atoms with Crippen molar-refractivity contribution in [1.29, 1.82) is 0 Å². The molecule has 8 nitrogen and oxygen atoms in total. The van der Waals surface area contributed by atoms with Crippen molar-refractivity contribution in [3.8, 4) is 11.5 Å². The Bertz CT molecular complexity index is 1030. The van der Waals surface area contributed by atoms with Crippen LogP contribution in [0.2, 0.25) is 0 Å². The number of amides is 2. The number of oxazole rings is 1. The van der Waals surface area contributed by atoms with E-state index in [1.54, 1.807) is 25.5 Å². The van der Waals surface area contributed by atoms with Crippen LogP contribution in [0, 0.1) is 6.92 Å². The van der Waals surface area contributed by atoms with Gasteiger partial charge in [0.15, 0.2) is 11.7 Å². The first-order valence-corrected chi connectivity index (χ1v) is 9.60. The van der Waals surface area contributed by atoms with Crippen LogP contribution >= 0.6 is 0 Å². The number of rotatable bonds is 2. The summed E-state index contributed by atoms with van der Waals surface area (Å²) >= 11 is 0. The monoisotopic (exact) mass is 378 g/mol. The van der Waals surface area contributed by atoms with E-state index in [-0.39, 0.29) is 24.2 Å². The van der Waals surface area contributed by atoms with Crippen LogP contribution in [-0.2, 0) is 0 Å². The molecule has 2 saturated heterocycles. The molecule has 2 aliphatic rings. The number of fused-ring (bicyclic) bond motifs is 3. The summed E-state index contributed by atoms with van der Waals surface area (Å²) in [4.78, 5) is 27.7. The number of piperidine rings is 1. The Labute approximate surface area is 162 Å². The number of aryl methyl sites for hydroxylation is 1. The van der Waals surface area contributed by atoms with Crippen LogP contribution in [0.5, 0.6) is 0 Å². The van der Waals surface area contributed by atoms with E-state index in [2.05, 4.69) is 20.3 Å². The molecule has 5 heterocycles. The SMILES string of the molecule is Cc1ncc(-c2cc3cc(NC(=O)N4[C@@H]5CC[C@H]4C[C@H](N)C5)ncc3cn2)o1. The van der Waals surface area contributed by atoms with Crippen molar-refractivity contribution < 1.29 is 9.21 Å². The van der Waals surface area contributed by atoms with Gasteiger partial charge in [-0.2, -0.15) is 0 Å². The van der Waals surface area contributed by atoms with Crippen LogP contribution in [-0.4, -0.2) is 44.0 Å². The van der Waals surface area contributed by atoms with Crippen LogP contribution in [0.4, 0.5) is 10.6 Å². The highest BCUT2D eigenvalue weighted by atomic mass is 16.4. The summed E-state index contributed by atoms with van der Waals surface area (Å²) < 4.78 is 5.56. The molecular formula is C20H22N6O2. The smallest absolute Gasteiger partial charge is 0.323 e. The van der Waals surface area contributed by atoms with Crippen molar-refractivity contribution in [2.45, 2.75) is 50.7 Å². The van der Waals surface area contributed by atoms with E-state index in [9.17, 15) is 4.79 Å². The molecule has 3 aromatic rings. The van der Waals surface area contributed by atoms with E-state index in [4.69, 9.17) is 10.2 Å². The number of hydrogen-bond acceptors (Lipinski definition) is 6. The Balaban J connectivity index is 1.39. The molecule has 8 heteroatoms. The predicted octanol–water partition coefficient (Wildman–Crippen LogP) is 3.08. The molecule has 2 amide bonds. The van der Waals surface area contributed by atoms with E-state index >= 15 is 0 Å². The van der Waals surface area contributed by atoms with E-state index in [1.165, 1.54) is 0 Å². The zero-order chi connectivity index (χ0) is 19.3. The summed E-state index contributed by atoms with van der Waals surface area (Å²) in [5, 5.41) is 4.78. The Kier molecular flexibility index (Phi) is 4.01. The third kappa shape index (κ3) is 2.99. The number of aromatic nitrogens is 3. The molecule has 2 aliphatic heterocycles. The average Bonchev–Trinajstić information content (AvgIpc) is 3.22. The minimum Gasteiger partial charge on any atom is -0.439 e. The van der Waals surface area contributed by atoms with Gasteiger partial charge >= 0.3 is 6.03 Å². The number of nitrogens with zero attached hydrogens (tertiary/aromatic N) is 4. The quantitative estimate of drug-likeness (QED) is 0.709. The Morgan fingerprint density at radius 3 is 2.57 bits per heavy atom. The maximum Gasteiger partial charge on any atom is 0.323 e. The van der Waals surface area contributed by atoms with Gasteiger partial charge in [-0.25, -0.2) is 14.8 Å². The van der Waals surface area contributed by atoms with Gasteiger partial charge in [-0.05, 0) is 43.2 Å². The molecule has 0 radical (unpaired) electrons. The first-order valence-electron chi connectivity index (χ1n) is 9.60. The highest BCUT2D eigenvalue weighted by molar-refractivity contribution is 5.92. The molecule has 3 atom stereocenters. The fraction of sp³-hybridized carbons (Fsp3) is 0.400. The van der Waals surface area contributed by atoms with Gasteiger partial charge in [0.25, 0.3) is 0 Å². The molecule has 2 fully saturated rings. The number of carbonyl (C=O) groups excluding carboxylic acids is 1. The highest BCUT2D eigenvalue weighted by Gasteiger charge is 2.42.